The zero-order chi connectivity index (χ0) is 86.4. The molecule has 0 aliphatic rings. The van der Waals surface area contributed by atoms with E-state index >= 15 is 0 Å². The maximum Gasteiger partial charge on any atom is 0.145 e. The van der Waals surface area contributed by atoms with Gasteiger partial charge in [-0.05, 0) is 225 Å². The van der Waals surface area contributed by atoms with Crippen molar-refractivity contribution in [2.24, 2.45) is 0 Å². The third-order valence-electron chi connectivity index (χ3n) is 25.5. The molecule has 16 aromatic carbocycles. The number of para-hydroxylation sites is 9. The van der Waals surface area contributed by atoms with Gasteiger partial charge in [-0.15, -0.1) is 22.7 Å². The molecule has 0 spiro atoms. The summed E-state index contributed by atoms with van der Waals surface area (Å²) >= 11 is 3.81. The molecule has 0 saturated heterocycles. The summed E-state index contributed by atoms with van der Waals surface area (Å²) in [4.78, 5) is 0. The molecule has 0 unspecified atom stereocenters. The van der Waals surface area contributed by atoms with Crippen LogP contribution in [0, 0.1) is 0 Å². The van der Waals surface area contributed by atoms with Crippen molar-refractivity contribution in [3.63, 3.8) is 0 Å². The number of fused-ring (bicyclic) bond motifs is 32. The van der Waals surface area contributed by atoms with Crippen LogP contribution in [-0.2, 0) is 27.7 Å². The van der Waals surface area contributed by atoms with Crippen LogP contribution in [0.25, 0.3) is 221 Å². The lowest BCUT2D eigenvalue weighted by molar-refractivity contribution is 0.423. The van der Waals surface area contributed by atoms with Gasteiger partial charge in [-0.2, -0.15) is 0 Å². The molecule has 10 heterocycles. The zero-order valence-corrected chi connectivity index (χ0v) is 75.7. The van der Waals surface area contributed by atoms with E-state index in [0.29, 0.717) is 0 Å². The van der Waals surface area contributed by atoms with Gasteiger partial charge in [-0.25, -0.2) is 0 Å². The molecule has 618 valence electrons. The van der Waals surface area contributed by atoms with Gasteiger partial charge in [0.05, 0.1) is 44.0 Å². The van der Waals surface area contributed by atoms with Crippen molar-refractivity contribution >= 4 is 238 Å². The number of thiophene rings is 2. The van der Waals surface area contributed by atoms with Crippen molar-refractivity contribution in [2.75, 3.05) is 0 Å². The SMILES string of the molecule is CC(C)(C)n1c2ccccc2c2c3oc4ccccc4c3ccc21.CC(C)(C)n1c2ccccc2c2c3sc4ccccc4c3ccc21.CC(C)(C)n1c2ccccc2c2cc3c(cc21)oc1ccccc13.CC(C)(C)n1c2ccccc2c2cc3c(cc21)sc1ccccc13.CC(C)(C)n1c2ccccc2c2cc3c4ccccc4n(-c4ccccc4)c3cc21. The smallest absolute Gasteiger partial charge is 0.145 e. The maximum absolute atomic E-state index is 6.29. The van der Waals surface area contributed by atoms with E-state index in [9.17, 15) is 0 Å². The van der Waals surface area contributed by atoms with E-state index in [2.05, 4.69) is 441 Å². The van der Waals surface area contributed by atoms with Crippen molar-refractivity contribution in [1.82, 2.24) is 27.4 Å². The monoisotopic (exact) mass is 1670 g/mol. The molecule has 0 aliphatic carbocycles. The lowest BCUT2D eigenvalue weighted by Gasteiger charge is -2.24. The van der Waals surface area contributed by atoms with Crippen LogP contribution >= 0.6 is 22.7 Å². The minimum atomic E-state index is -0.0153. The summed E-state index contributed by atoms with van der Waals surface area (Å²) in [5.74, 6) is 0. The van der Waals surface area contributed by atoms with E-state index in [4.69, 9.17) is 8.83 Å². The second-order valence-corrected chi connectivity index (χ2v) is 41.1. The Morgan fingerprint density at radius 3 is 1.05 bits per heavy atom. The van der Waals surface area contributed by atoms with Gasteiger partial charge in [0, 0.05) is 188 Å². The summed E-state index contributed by atoms with van der Waals surface area (Å²) in [5.41, 5.74) is 20.5. The molecule has 0 aliphatic heterocycles. The van der Waals surface area contributed by atoms with Crippen molar-refractivity contribution < 1.29 is 8.83 Å². The normalized spacial score (nSPS) is 12.7. The summed E-state index contributed by atoms with van der Waals surface area (Å²) in [6.45, 7) is 34.1. The number of nitrogens with zero attached hydrogens (tertiary/aromatic N) is 6. The molecule has 0 saturated carbocycles. The summed E-state index contributed by atoms with van der Waals surface area (Å²) in [6.07, 6.45) is 0. The fourth-order valence-corrected chi connectivity index (χ4v) is 23.1. The predicted molar refractivity (Wildman–Crippen MR) is 547 cm³/mol. The van der Waals surface area contributed by atoms with Crippen LogP contribution in [0.4, 0.5) is 0 Å². The number of hydrogen-bond acceptors (Lipinski definition) is 4. The number of furan rings is 2. The molecule has 0 fully saturated rings. The summed E-state index contributed by atoms with van der Waals surface area (Å²) in [6, 6.07) is 120. The van der Waals surface area contributed by atoms with E-state index in [-0.39, 0.29) is 27.7 Å². The average Bonchev–Trinajstić information content (AvgIpc) is 1.58. The van der Waals surface area contributed by atoms with Gasteiger partial charge in [0.25, 0.3) is 0 Å². The molecular weight excluding hydrogens is 1570 g/mol. The average molecular weight is 1670 g/mol. The number of benzene rings is 16. The standard InChI is InChI=1S/C28H24N2.2C22H19NO.2C22H19NS/c1-28(2,3)30-25-16-10-8-14-21(25)23-17-22-20-13-7-9-15-24(20)29(26(22)18-27(23)30)19-11-5-4-6-12-19;1-22(2,3)23-17-10-6-4-9-16(17)20-18(23)13-12-15-14-8-5-7-11-19(14)24-21(15)20;1-22(2,3)23-18-10-6-4-8-14(18)16-12-17-15-9-5-7-11-20(15)24-21(17)13-19(16)23;1-22(2,3)23-17-10-6-4-9-16(17)20-18(23)13-12-15-14-8-5-7-11-19(14)24-21(15)20;1-22(2,3)23-18-10-6-4-8-14(18)16-12-17-15-9-5-7-11-20(15)24-21(17)13-19(16)23/h4-18H,1-3H3;4*4-13H,1-3H3. The maximum atomic E-state index is 6.29. The second-order valence-electron chi connectivity index (χ2n) is 39.0. The van der Waals surface area contributed by atoms with E-state index in [1.165, 1.54) is 198 Å². The highest BCUT2D eigenvalue weighted by Gasteiger charge is 2.30. The largest absolute Gasteiger partial charge is 0.456 e. The Hall–Kier alpha value is -13.6. The van der Waals surface area contributed by atoms with E-state index < -0.39 is 0 Å². The highest BCUT2D eigenvalue weighted by molar-refractivity contribution is 7.27. The quantitative estimate of drug-likeness (QED) is 0.164. The summed E-state index contributed by atoms with van der Waals surface area (Å²) < 4.78 is 32.6. The van der Waals surface area contributed by atoms with E-state index in [0.717, 1.165) is 22.3 Å². The van der Waals surface area contributed by atoms with Crippen LogP contribution in [-0.4, -0.2) is 27.4 Å². The number of rotatable bonds is 1. The van der Waals surface area contributed by atoms with Crippen LogP contribution in [0.5, 0.6) is 0 Å². The fraction of sp³-hybridized carbons (Fsp3) is 0.172. The Labute approximate surface area is 739 Å². The van der Waals surface area contributed by atoms with Gasteiger partial charge in [0.1, 0.15) is 22.3 Å². The molecule has 126 heavy (non-hydrogen) atoms. The predicted octanol–water partition coefficient (Wildman–Crippen LogP) is 34.4. The first-order valence-electron chi connectivity index (χ1n) is 44.1. The Morgan fingerprint density at radius 1 is 0.190 bits per heavy atom. The van der Waals surface area contributed by atoms with Crippen molar-refractivity contribution in [3.05, 3.63) is 334 Å². The van der Waals surface area contributed by atoms with E-state index in [1.807, 2.05) is 46.9 Å². The Balaban J connectivity index is 0.0000000935. The Bertz CT molecular complexity index is 8430. The molecule has 10 aromatic heterocycles. The van der Waals surface area contributed by atoms with Crippen molar-refractivity contribution in [2.45, 2.75) is 132 Å². The number of aromatic nitrogens is 6. The van der Waals surface area contributed by atoms with Gasteiger partial charge < -0.3 is 36.2 Å². The third kappa shape index (κ3) is 12.5. The first-order chi connectivity index (χ1) is 60.7. The lowest BCUT2D eigenvalue weighted by Crippen LogP contribution is -2.21. The van der Waals surface area contributed by atoms with Crippen LogP contribution in [0.15, 0.2) is 342 Å². The van der Waals surface area contributed by atoms with Crippen LogP contribution in [0.2, 0.25) is 0 Å². The fourth-order valence-electron chi connectivity index (χ4n) is 20.7. The van der Waals surface area contributed by atoms with Gasteiger partial charge in [-0.3, -0.25) is 0 Å². The first kappa shape index (κ1) is 78.3. The van der Waals surface area contributed by atoms with Gasteiger partial charge >= 0.3 is 0 Å². The van der Waals surface area contributed by atoms with Gasteiger partial charge in [0.2, 0.25) is 0 Å². The molecule has 0 atom stereocenters. The molecule has 0 N–H and O–H groups in total. The topological polar surface area (TPSA) is 55.9 Å². The lowest BCUT2D eigenvalue weighted by atomic mass is 10.1. The summed E-state index contributed by atoms with van der Waals surface area (Å²) in [7, 11) is 0. The first-order valence-corrected chi connectivity index (χ1v) is 45.8. The zero-order valence-electron chi connectivity index (χ0n) is 74.1. The van der Waals surface area contributed by atoms with Crippen LogP contribution < -0.4 is 0 Å². The van der Waals surface area contributed by atoms with Crippen LogP contribution in [0.1, 0.15) is 104 Å². The molecule has 0 radical (unpaired) electrons. The molecule has 0 amide bonds. The molecule has 10 heteroatoms. The van der Waals surface area contributed by atoms with Gasteiger partial charge in [0.15, 0.2) is 0 Å². The third-order valence-corrected chi connectivity index (χ3v) is 27.9. The van der Waals surface area contributed by atoms with Crippen molar-refractivity contribution in [1.29, 1.82) is 0 Å². The Morgan fingerprint density at radius 2 is 0.532 bits per heavy atom. The molecule has 0 bridgehead atoms. The molecule has 26 rings (SSSR count). The summed E-state index contributed by atoms with van der Waals surface area (Å²) in [5, 5.41) is 26.0. The molecule has 26 aromatic rings. The minimum Gasteiger partial charge on any atom is -0.456 e. The number of hydrogen-bond donors (Lipinski definition) is 0. The highest BCUT2D eigenvalue weighted by atomic mass is 32.1. The van der Waals surface area contributed by atoms with Gasteiger partial charge in [-0.1, -0.05) is 206 Å². The highest BCUT2D eigenvalue weighted by Crippen LogP contribution is 2.49. The molecule has 8 nitrogen and oxygen atoms in total. The van der Waals surface area contributed by atoms with E-state index in [1.54, 1.807) is 0 Å². The second kappa shape index (κ2) is 29.0. The Kier molecular flexibility index (Phi) is 18.0. The minimum absolute atomic E-state index is 0.00104. The van der Waals surface area contributed by atoms with Crippen molar-refractivity contribution in [3.8, 4) is 5.69 Å². The van der Waals surface area contributed by atoms with Crippen LogP contribution in [0.3, 0.4) is 0 Å². The molecular formula is C116H100N6O2S2.